The molecule has 1 atom stereocenters. The van der Waals surface area contributed by atoms with Crippen LogP contribution in [-0.4, -0.2) is 23.9 Å². The average molecular weight is 418 g/mol. The Morgan fingerprint density at radius 2 is 1.42 bits per heavy atom. The Morgan fingerprint density at radius 1 is 0.806 bits per heavy atom. The third kappa shape index (κ3) is 6.17. The zero-order valence-electron chi connectivity index (χ0n) is 16.9. The Labute approximate surface area is 180 Å². The third-order valence-corrected chi connectivity index (χ3v) is 4.33. The van der Waals surface area contributed by atoms with Gasteiger partial charge in [-0.15, -0.1) is 0 Å². The largest absolute Gasteiger partial charge is 0.488 e. The summed E-state index contributed by atoms with van der Waals surface area (Å²) in [6.07, 6.45) is -1.13. The standard InChI is InChI=1S/C24H22N2O5/c1-17(22(27)25-26-23(28)19-12-6-3-7-13-19)31-24(29)20-14-8-9-15-21(20)30-16-18-10-4-2-5-11-18/h2-15,17H,16H2,1H3,(H,25,27)(H,26,28)/t17-/m1/s1. The topological polar surface area (TPSA) is 93.7 Å². The van der Waals surface area contributed by atoms with Gasteiger partial charge >= 0.3 is 5.97 Å². The lowest BCUT2D eigenvalue weighted by Crippen LogP contribution is -2.46. The molecule has 7 nitrogen and oxygen atoms in total. The predicted octanol–water partition coefficient (Wildman–Crippen LogP) is 3.27. The molecule has 0 unspecified atom stereocenters. The molecule has 0 heterocycles. The first kappa shape index (κ1) is 21.6. The number of carbonyl (C=O) groups is 3. The van der Waals surface area contributed by atoms with E-state index >= 15 is 0 Å². The van der Waals surface area contributed by atoms with Crippen LogP contribution in [0, 0.1) is 0 Å². The maximum absolute atomic E-state index is 12.6. The van der Waals surface area contributed by atoms with Crippen molar-refractivity contribution in [1.82, 2.24) is 10.9 Å². The lowest BCUT2D eigenvalue weighted by molar-refractivity contribution is -0.129. The minimum Gasteiger partial charge on any atom is -0.488 e. The minimum atomic E-state index is -1.13. The molecular formula is C24H22N2O5. The van der Waals surface area contributed by atoms with Crippen molar-refractivity contribution in [2.75, 3.05) is 0 Å². The van der Waals surface area contributed by atoms with Crippen LogP contribution in [0.2, 0.25) is 0 Å². The molecular weight excluding hydrogens is 396 g/mol. The summed E-state index contributed by atoms with van der Waals surface area (Å²) in [7, 11) is 0. The van der Waals surface area contributed by atoms with E-state index in [1.165, 1.54) is 6.92 Å². The van der Waals surface area contributed by atoms with Crippen LogP contribution >= 0.6 is 0 Å². The first-order valence-corrected chi connectivity index (χ1v) is 9.66. The van der Waals surface area contributed by atoms with Crippen molar-refractivity contribution >= 4 is 17.8 Å². The van der Waals surface area contributed by atoms with E-state index in [4.69, 9.17) is 9.47 Å². The molecule has 2 amide bonds. The second-order valence-electron chi connectivity index (χ2n) is 6.63. The van der Waals surface area contributed by atoms with E-state index in [1.807, 2.05) is 30.3 Å². The molecule has 158 valence electrons. The van der Waals surface area contributed by atoms with E-state index in [2.05, 4.69) is 10.9 Å². The van der Waals surface area contributed by atoms with Crippen LogP contribution in [0.15, 0.2) is 84.9 Å². The molecule has 7 heteroatoms. The van der Waals surface area contributed by atoms with E-state index < -0.39 is 23.9 Å². The summed E-state index contributed by atoms with van der Waals surface area (Å²) in [6, 6.07) is 24.6. The first-order chi connectivity index (χ1) is 15.0. The van der Waals surface area contributed by atoms with Gasteiger partial charge < -0.3 is 9.47 Å². The van der Waals surface area contributed by atoms with Gasteiger partial charge in [-0.25, -0.2) is 4.79 Å². The van der Waals surface area contributed by atoms with Gasteiger partial charge in [0.05, 0.1) is 0 Å². The van der Waals surface area contributed by atoms with Gasteiger partial charge in [-0.3, -0.25) is 20.4 Å². The summed E-state index contributed by atoms with van der Waals surface area (Å²) in [5, 5.41) is 0. The molecule has 2 N–H and O–H groups in total. The van der Waals surface area contributed by atoms with Crippen molar-refractivity contribution in [3.63, 3.8) is 0 Å². The van der Waals surface area contributed by atoms with Crippen molar-refractivity contribution < 1.29 is 23.9 Å². The van der Waals surface area contributed by atoms with Crippen molar-refractivity contribution in [2.24, 2.45) is 0 Å². The highest BCUT2D eigenvalue weighted by atomic mass is 16.5. The Kier molecular flexibility index (Phi) is 7.37. The van der Waals surface area contributed by atoms with Gasteiger partial charge in [0.15, 0.2) is 6.10 Å². The SMILES string of the molecule is C[C@@H](OC(=O)c1ccccc1OCc1ccccc1)C(=O)NNC(=O)c1ccccc1. The fourth-order valence-corrected chi connectivity index (χ4v) is 2.66. The molecule has 0 bridgehead atoms. The number of benzene rings is 3. The molecule has 0 aromatic heterocycles. The number of nitrogens with one attached hydrogen (secondary N) is 2. The number of hydrazine groups is 1. The van der Waals surface area contributed by atoms with Gasteiger partial charge in [-0.05, 0) is 36.8 Å². The summed E-state index contributed by atoms with van der Waals surface area (Å²) in [4.78, 5) is 36.8. The maximum Gasteiger partial charge on any atom is 0.342 e. The van der Waals surface area contributed by atoms with Gasteiger partial charge in [0.1, 0.15) is 17.9 Å². The summed E-state index contributed by atoms with van der Waals surface area (Å²) >= 11 is 0. The molecule has 31 heavy (non-hydrogen) atoms. The zero-order valence-corrected chi connectivity index (χ0v) is 16.9. The average Bonchev–Trinajstić information content (AvgIpc) is 2.82. The number of amides is 2. The zero-order chi connectivity index (χ0) is 22.1. The Hall–Kier alpha value is -4.13. The van der Waals surface area contributed by atoms with Gasteiger partial charge in [-0.2, -0.15) is 0 Å². The molecule has 0 saturated carbocycles. The molecule has 0 fully saturated rings. The van der Waals surface area contributed by atoms with Crippen molar-refractivity contribution in [3.8, 4) is 5.75 Å². The van der Waals surface area contributed by atoms with Crippen LogP contribution < -0.4 is 15.6 Å². The highest BCUT2D eigenvalue weighted by Gasteiger charge is 2.22. The quantitative estimate of drug-likeness (QED) is 0.454. The number of esters is 1. The number of hydrogen-bond donors (Lipinski definition) is 2. The molecule has 0 aliphatic heterocycles. The molecule has 0 saturated heterocycles. The summed E-state index contributed by atoms with van der Waals surface area (Å²) in [5.41, 5.74) is 6.08. The Balaban J connectivity index is 1.55. The van der Waals surface area contributed by atoms with E-state index in [0.717, 1.165) is 5.56 Å². The van der Waals surface area contributed by atoms with Crippen LogP contribution in [0.1, 0.15) is 33.2 Å². The van der Waals surface area contributed by atoms with Crippen LogP contribution in [0.3, 0.4) is 0 Å². The third-order valence-electron chi connectivity index (χ3n) is 4.33. The number of rotatable bonds is 7. The number of para-hydroxylation sites is 1. The van der Waals surface area contributed by atoms with Crippen LogP contribution in [0.4, 0.5) is 0 Å². The minimum absolute atomic E-state index is 0.200. The monoisotopic (exact) mass is 418 g/mol. The lowest BCUT2D eigenvalue weighted by Gasteiger charge is -2.16. The van der Waals surface area contributed by atoms with Gasteiger partial charge in [0.25, 0.3) is 11.8 Å². The van der Waals surface area contributed by atoms with E-state index in [-0.39, 0.29) is 12.2 Å². The van der Waals surface area contributed by atoms with Crippen LogP contribution in [0.25, 0.3) is 0 Å². The van der Waals surface area contributed by atoms with Gasteiger partial charge in [0.2, 0.25) is 0 Å². The van der Waals surface area contributed by atoms with Crippen LogP contribution in [0.5, 0.6) is 5.75 Å². The predicted molar refractivity (Wildman–Crippen MR) is 114 cm³/mol. The highest BCUT2D eigenvalue weighted by molar-refractivity contribution is 5.97. The molecule has 0 spiro atoms. The van der Waals surface area contributed by atoms with E-state index in [1.54, 1.807) is 54.6 Å². The highest BCUT2D eigenvalue weighted by Crippen LogP contribution is 2.21. The summed E-state index contributed by atoms with van der Waals surface area (Å²) < 4.78 is 11.0. The van der Waals surface area contributed by atoms with Crippen molar-refractivity contribution in [1.29, 1.82) is 0 Å². The Bertz CT molecular complexity index is 1040. The van der Waals surface area contributed by atoms with Gasteiger partial charge in [0, 0.05) is 5.56 Å². The lowest BCUT2D eigenvalue weighted by atomic mass is 10.2. The number of ether oxygens (including phenoxy) is 2. The normalized spacial score (nSPS) is 11.1. The van der Waals surface area contributed by atoms with E-state index in [0.29, 0.717) is 11.3 Å². The molecule has 0 radical (unpaired) electrons. The molecule has 0 aliphatic carbocycles. The van der Waals surface area contributed by atoms with Crippen LogP contribution in [-0.2, 0) is 16.1 Å². The van der Waals surface area contributed by atoms with Crippen molar-refractivity contribution in [3.05, 3.63) is 102 Å². The van der Waals surface area contributed by atoms with Crippen molar-refractivity contribution in [2.45, 2.75) is 19.6 Å². The molecule has 3 rings (SSSR count). The second kappa shape index (κ2) is 10.6. The molecule has 3 aromatic carbocycles. The summed E-state index contributed by atoms with van der Waals surface area (Å²) in [6.45, 7) is 1.70. The maximum atomic E-state index is 12.6. The second-order valence-corrected chi connectivity index (χ2v) is 6.63. The van der Waals surface area contributed by atoms with E-state index in [9.17, 15) is 14.4 Å². The Morgan fingerprint density at radius 3 is 2.13 bits per heavy atom. The number of carbonyl (C=O) groups excluding carboxylic acids is 3. The fourth-order valence-electron chi connectivity index (χ4n) is 2.66. The smallest absolute Gasteiger partial charge is 0.342 e. The fraction of sp³-hybridized carbons (Fsp3) is 0.125. The summed E-state index contributed by atoms with van der Waals surface area (Å²) in [5.74, 6) is -1.51. The number of hydrogen-bond acceptors (Lipinski definition) is 5. The molecule has 0 aliphatic rings. The first-order valence-electron chi connectivity index (χ1n) is 9.66. The van der Waals surface area contributed by atoms with Gasteiger partial charge in [-0.1, -0.05) is 60.7 Å². The molecule has 3 aromatic rings.